The Kier molecular flexibility index (Phi) is 2.73. The summed E-state index contributed by atoms with van der Waals surface area (Å²) in [5, 5.41) is 4.24. The number of amidine groups is 1. The standard InChI is InChI=1S/C13H20N2OS/c1-8-11(16)15-12(17-8)14-7-10-5-9-3-4-13(10,2)6-9/h8-10H,3-7H2,1-2H3,(H,14,15,16)/t8-,9+,10-,13+/m1/s1. The zero-order valence-electron chi connectivity index (χ0n) is 10.5. The van der Waals surface area contributed by atoms with E-state index in [9.17, 15) is 4.79 Å². The van der Waals surface area contributed by atoms with E-state index in [1.165, 1.54) is 25.7 Å². The summed E-state index contributed by atoms with van der Waals surface area (Å²) in [5.74, 6) is 1.75. The second kappa shape index (κ2) is 4.01. The first-order chi connectivity index (χ1) is 8.07. The molecule has 1 aliphatic heterocycles. The SMILES string of the molecule is C[C@H]1SC(NC[C@H]2C[C@@H]3CC[C@@]2(C)C3)=NC1=O. The number of carbonyl (C=O) groups excluding carboxylic acids is 1. The zero-order valence-corrected chi connectivity index (χ0v) is 11.3. The van der Waals surface area contributed by atoms with Gasteiger partial charge in [-0.2, -0.15) is 4.99 Å². The fourth-order valence-corrected chi connectivity index (χ4v) is 4.51. The molecule has 17 heavy (non-hydrogen) atoms. The first-order valence-corrected chi connectivity index (χ1v) is 7.48. The summed E-state index contributed by atoms with van der Waals surface area (Å²) < 4.78 is 0. The van der Waals surface area contributed by atoms with Crippen molar-refractivity contribution < 1.29 is 4.79 Å². The van der Waals surface area contributed by atoms with Gasteiger partial charge in [-0.15, -0.1) is 0 Å². The summed E-state index contributed by atoms with van der Waals surface area (Å²) in [7, 11) is 0. The van der Waals surface area contributed by atoms with Gasteiger partial charge in [-0.25, -0.2) is 0 Å². The largest absolute Gasteiger partial charge is 0.364 e. The Morgan fingerprint density at radius 2 is 2.41 bits per heavy atom. The number of aliphatic imine (C=N–C) groups is 1. The Labute approximate surface area is 107 Å². The van der Waals surface area contributed by atoms with Crippen LogP contribution in [0.2, 0.25) is 0 Å². The second-order valence-corrected chi connectivity index (χ2v) is 7.42. The van der Waals surface area contributed by atoms with Gasteiger partial charge in [-0.1, -0.05) is 18.7 Å². The fraction of sp³-hybridized carbons (Fsp3) is 0.846. The number of hydrogen-bond acceptors (Lipinski definition) is 3. The van der Waals surface area contributed by atoms with Crippen molar-refractivity contribution in [1.29, 1.82) is 0 Å². The molecule has 4 atom stereocenters. The monoisotopic (exact) mass is 252 g/mol. The first-order valence-electron chi connectivity index (χ1n) is 6.60. The van der Waals surface area contributed by atoms with Gasteiger partial charge < -0.3 is 5.32 Å². The molecular weight excluding hydrogens is 232 g/mol. The van der Waals surface area contributed by atoms with E-state index in [1.54, 1.807) is 11.8 Å². The minimum absolute atomic E-state index is 0.00751. The summed E-state index contributed by atoms with van der Waals surface area (Å²) in [6.45, 7) is 5.35. The lowest BCUT2D eigenvalue weighted by Gasteiger charge is -2.31. The Bertz CT molecular complexity index is 382. The van der Waals surface area contributed by atoms with Crippen LogP contribution in [0.1, 0.15) is 39.5 Å². The lowest BCUT2D eigenvalue weighted by atomic mass is 9.76. The summed E-state index contributed by atoms with van der Waals surface area (Å²) in [6.07, 6.45) is 5.59. The average Bonchev–Trinajstić information content (AvgIpc) is 2.89. The number of fused-ring (bicyclic) bond motifs is 2. The number of carbonyl (C=O) groups is 1. The number of thioether (sulfide) groups is 1. The predicted octanol–water partition coefficient (Wildman–Crippen LogP) is 2.42. The number of amides is 1. The molecule has 0 unspecified atom stereocenters. The molecule has 2 fully saturated rings. The topological polar surface area (TPSA) is 41.5 Å². The van der Waals surface area contributed by atoms with Crippen LogP contribution in [-0.2, 0) is 4.79 Å². The van der Waals surface area contributed by atoms with E-state index in [0.29, 0.717) is 5.41 Å². The molecule has 0 aromatic heterocycles. The minimum Gasteiger partial charge on any atom is -0.364 e. The second-order valence-electron chi connectivity index (χ2n) is 6.09. The van der Waals surface area contributed by atoms with E-state index in [2.05, 4.69) is 17.2 Å². The van der Waals surface area contributed by atoms with Crippen molar-refractivity contribution in [2.24, 2.45) is 22.2 Å². The molecule has 94 valence electrons. The fourth-order valence-electron chi connectivity index (χ4n) is 3.71. The summed E-state index contributed by atoms with van der Waals surface area (Å²) in [5.41, 5.74) is 0.553. The minimum atomic E-state index is 0.00751. The van der Waals surface area contributed by atoms with E-state index in [0.717, 1.165) is 23.5 Å². The van der Waals surface area contributed by atoms with Crippen LogP contribution in [0.15, 0.2) is 4.99 Å². The molecule has 2 aliphatic carbocycles. The predicted molar refractivity (Wildman–Crippen MR) is 71.1 cm³/mol. The maximum Gasteiger partial charge on any atom is 0.261 e. The molecule has 0 aromatic carbocycles. The van der Waals surface area contributed by atoms with Gasteiger partial charge in [0.2, 0.25) is 0 Å². The molecule has 2 bridgehead atoms. The Morgan fingerprint density at radius 3 is 2.94 bits per heavy atom. The van der Waals surface area contributed by atoms with E-state index in [-0.39, 0.29) is 11.2 Å². The highest BCUT2D eigenvalue weighted by Crippen LogP contribution is 2.57. The van der Waals surface area contributed by atoms with Crippen molar-refractivity contribution in [3.05, 3.63) is 0 Å². The highest BCUT2D eigenvalue weighted by Gasteiger charge is 2.48. The molecule has 3 rings (SSSR count). The summed E-state index contributed by atoms with van der Waals surface area (Å²) in [6, 6.07) is 0. The molecule has 3 aliphatic rings. The summed E-state index contributed by atoms with van der Waals surface area (Å²) >= 11 is 1.57. The third-order valence-electron chi connectivity index (χ3n) is 4.83. The van der Waals surface area contributed by atoms with E-state index >= 15 is 0 Å². The van der Waals surface area contributed by atoms with Crippen LogP contribution in [0, 0.1) is 17.3 Å². The van der Waals surface area contributed by atoms with Crippen LogP contribution in [0.3, 0.4) is 0 Å². The van der Waals surface area contributed by atoms with Gasteiger partial charge in [-0.05, 0) is 49.9 Å². The highest BCUT2D eigenvalue weighted by molar-refractivity contribution is 8.15. The van der Waals surface area contributed by atoms with Crippen LogP contribution in [0.5, 0.6) is 0 Å². The molecular formula is C13H20N2OS. The van der Waals surface area contributed by atoms with Crippen LogP contribution in [-0.4, -0.2) is 22.9 Å². The number of nitrogens with one attached hydrogen (secondary N) is 1. The average molecular weight is 252 g/mol. The van der Waals surface area contributed by atoms with Crippen LogP contribution in [0.25, 0.3) is 0 Å². The van der Waals surface area contributed by atoms with Crippen LogP contribution >= 0.6 is 11.8 Å². The molecule has 3 nitrogen and oxygen atoms in total. The molecule has 0 spiro atoms. The maximum absolute atomic E-state index is 11.3. The lowest BCUT2D eigenvalue weighted by Crippen LogP contribution is -2.34. The molecule has 2 saturated carbocycles. The zero-order chi connectivity index (χ0) is 12.0. The Morgan fingerprint density at radius 1 is 1.59 bits per heavy atom. The smallest absolute Gasteiger partial charge is 0.261 e. The molecule has 4 heteroatoms. The van der Waals surface area contributed by atoms with Gasteiger partial charge in [0.05, 0.1) is 5.25 Å². The van der Waals surface area contributed by atoms with Crippen molar-refractivity contribution >= 4 is 22.8 Å². The normalized spacial score (nSPS) is 44.2. The lowest BCUT2D eigenvalue weighted by molar-refractivity contribution is -0.116. The molecule has 0 aromatic rings. The molecule has 0 radical (unpaired) electrons. The maximum atomic E-state index is 11.3. The van der Waals surface area contributed by atoms with E-state index in [1.807, 2.05) is 6.92 Å². The molecule has 0 saturated heterocycles. The number of hydrogen-bond donors (Lipinski definition) is 1. The van der Waals surface area contributed by atoms with Crippen molar-refractivity contribution in [3.63, 3.8) is 0 Å². The van der Waals surface area contributed by atoms with Gasteiger partial charge in [0.15, 0.2) is 5.17 Å². The van der Waals surface area contributed by atoms with Gasteiger partial charge in [0.1, 0.15) is 0 Å². The van der Waals surface area contributed by atoms with Crippen LogP contribution in [0.4, 0.5) is 0 Å². The van der Waals surface area contributed by atoms with Crippen molar-refractivity contribution in [2.45, 2.75) is 44.8 Å². The number of rotatable bonds is 2. The Hall–Kier alpha value is -0.510. The van der Waals surface area contributed by atoms with Gasteiger partial charge in [0, 0.05) is 6.54 Å². The van der Waals surface area contributed by atoms with Gasteiger partial charge in [0.25, 0.3) is 5.91 Å². The van der Waals surface area contributed by atoms with Crippen molar-refractivity contribution in [2.75, 3.05) is 6.54 Å². The van der Waals surface area contributed by atoms with Crippen molar-refractivity contribution in [1.82, 2.24) is 5.32 Å². The third-order valence-corrected chi connectivity index (χ3v) is 5.84. The van der Waals surface area contributed by atoms with E-state index in [4.69, 9.17) is 0 Å². The molecule has 1 N–H and O–H groups in total. The quantitative estimate of drug-likeness (QED) is 0.820. The molecule has 1 amide bonds. The van der Waals surface area contributed by atoms with E-state index < -0.39 is 0 Å². The summed E-state index contributed by atoms with van der Waals surface area (Å²) in [4.78, 5) is 15.4. The van der Waals surface area contributed by atoms with Gasteiger partial charge >= 0.3 is 0 Å². The first kappa shape index (κ1) is 11.6. The number of nitrogens with zero attached hydrogens (tertiary/aromatic N) is 1. The Balaban J connectivity index is 1.56. The highest BCUT2D eigenvalue weighted by atomic mass is 32.2. The van der Waals surface area contributed by atoms with Crippen LogP contribution < -0.4 is 5.32 Å². The third kappa shape index (κ3) is 2.01. The van der Waals surface area contributed by atoms with Gasteiger partial charge in [-0.3, -0.25) is 4.79 Å². The van der Waals surface area contributed by atoms with Crippen molar-refractivity contribution in [3.8, 4) is 0 Å². The molecule has 1 heterocycles.